The molecule has 0 atom stereocenters. The van der Waals surface area contributed by atoms with E-state index < -0.39 is 0 Å². The van der Waals surface area contributed by atoms with Crippen molar-refractivity contribution in [3.05, 3.63) is 33.9 Å². The van der Waals surface area contributed by atoms with E-state index in [0.717, 1.165) is 0 Å². The Labute approximate surface area is 118 Å². The highest BCUT2D eigenvalue weighted by atomic mass is 15.0. The van der Waals surface area contributed by atoms with Crippen LogP contribution in [0.1, 0.15) is 53.5 Å². The molecule has 0 aliphatic heterocycles. The highest BCUT2D eigenvalue weighted by molar-refractivity contribution is 5.50. The van der Waals surface area contributed by atoms with E-state index in [9.17, 15) is 0 Å². The molecule has 0 N–H and O–H groups in total. The first-order valence-corrected chi connectivity index (χ1v) is 8.06. The van der Waals surface area contributed by atoms with Crippen molar-refractivity contribution in [3.63, 3.8) is 0 Å². The molecule has 0 unspecified atom stereocenters. The number of hydrogen-bond donors (Lipinski definition) is 0. The minimum Gasteiger partial charge on any atom is -0.309 e. The SMILES string of the molecule is CN(C)CCCCc1c2c(cc3c1CCC3)CCC2. The van der Waals surface area contributed by atoms with Crippen LogP contribution in [0.5, 0.6) is 0 Å². The molecule has 1 aromatic carbocycles. The first kappa shape index (κ1) is 13.2. The zero-order valence-electron chi connectivity index (χ0n) is 12.6. The van der Waals surface area contributed by atoms with Crippen LogP contribution in [0.2, 0.25) is 0 Å². The van der Waals surface area contributed by atoms with Gasteiger partial charge in [-0.05, 0) is 106 Å². The number of hydrogen-bond acceptors (Lipinski definition) is 1. The summed E-state index contributed by atoms with van der Waals surface area (Å²) in [6, 6.07) is 2.55. The van der Waals surface area contributed by atoms with Crippen LogP contribution in [0.4, 0.5) is 0 Å². The molecule has 0 radical (unpaired) electrons. The molecule has 19 heavy (non-hydrogen) atoms. The van der Waals surface area contributed by atoms with E-state index in [1.54, 1.807) is 27.8 Å². The smallest absolute Gasteiger partial charge is 0.00247 e. The average Bonchev–Trinajstić information content (AvgIpc) is 3.00. The third-order valence-corrected chi connectivity index (χ3v) is 4.88. The minimum absolute atomic E-state index is 1.23. The highest BCUT2D eigenvalue weighted by Crippen LogP contribution is 2.35. The number of benzene rings is 1. The fourth-order valence-electron chi connectivity index (χ4n) is 3.97. The van der Waals surface area contributed by atoms with Crippen molar-refractivity contribution in [3.8, 4) is 0 Å². The van der Waals surface area contributed by atoms with Gasteiger partial charge in [0.1, 0.15) is 0 Å². The first-order chi connectivity index (χ1) is 9.25. The van der Waals surface area contributed by atoms with Gasteiger partial charge in [-0.3, -0.25) is 0 Å². The summed E-state index contributed by atoms with van der Waals surface area (Å²) < 4.78 is 0. The molecule has 0 bridgehead atoms. The predicted molar refractivity (Wildman–Crippen MR) is 82.0 cm³/mol. The van der Waals surface area contributed by atoms with Crippen LogP contribution in [0, 0.1) is 0 Å². The predicted octanol–water partition coefficient (Wildman–Crippen LogP) is 3.55. The quantitative estimate of drug-likeness (QED) is 0.729. The zero-order chi connectivity index (χ0) is 13.2. The molecule has 2 aliphatic rings. The van der Waals surface area contributed by atoms with Crippen LogP contribution >= 0.6 is 0 Å². The van der Waals surface area contributed by atoms with Crippen LogP contribution < -0.4 is 0 Å². The second kappa shape index (κ2) is 5.66. The van der Waals surface area contributed by atoms with E-state index >= 15 is 0 Å². The zero-order valence-corrected chi connectivity index (χ0v) is 12.6. The molecule has 0 heterocycles. The van der Waals surface area contributed by atoms with E-state index in [1.807, 2.05) is 0 Å². The van der Waals surface area contributed by atoms with Crippen LogP contribution in [0.25, 0.3) is 0 Å². The van der Waals surface area contributed by atoms with Crippen molar-refractivity contribution < 1.29 is 0 Å². The van der Waals surface area contributed by atoms with Crippen molar-refractivity contribution in [2.45, 2.75) is 57.8 Å². The van der Waals surface area contributed by atoms with Gasteiger partial charge in [0.05, 0.1) is 0 Å². The van der Waals surface area contributed by atoms with E-state index in [-0.39, 0.29) is 0 Å². The van der Waals surface area contributed by atoms with Crippen LogP contribution in [0.15, 0.2) is 6.07 Å². The second-order valence-electron chi connectivity index (χ2n) is 6.60. The van der Waals surface area contributed by atoms with E-state index in [4.69, 9.17) is 0 Å². The molecule has 1 heteroatoms. The Balaban J connectivity index is 1.76. The van der Waals surface area contributed by atoms with Crippen molar-refractivity contribution in [2.75, 3.05) is 20.6 Å². The summed E-state index contributed by atoms with van der Waals surface area (Å²) in [5.41, 5.74) is 8.68. The molecule has 0 aromatic heterocycles. The van der Waals surface area contributed by atoms with E-state index in [1.165, 1.54) is 64.3 Å². The summed E-state index contributed by atoms with van der Waals surface area (Å²) in [5, 5.41) is 0. The lowest BCUT2D eigenvalue weighted by atomic mass is 9.91. The summed E-state index contributed by atoms with van der Waals surface area (Å²) in [7, 11) is 4.36. The second-order valence-corrected chi connectivity index (χ2v) is 6.60. The van der Waals surface area contributed by atoms with Crippen LogP contribution in [0.3, 0.4) is 0 Å². The van der Waals surface area contributed by atoms with Gasteiger partial charge in [0, 0.05) is 0 Å². The standard InChI is InChI=1S/C18H27N/c1-19(2)12-4-3-9-18-16-10-5-7-14(16)13-15-8-6-11-17(15)18/h13H,3-12H2,1-2H3. The van der Waals surface area contributed by atoms with Gasteiger partial charge in [0.15, 0.2) is 0 Å². The normalized spacial score (nSPS) is 17.0. The lowest BCUT2D eigenvalue weighted by Crippen LogP contribution is -2.13. The van der Waals surface area contributed by atoms with Gasteiger partial charge >= 0.3 is 0 Å². The Morgan fingerprint density at radius 2 is 1.53 bits per heavy atom. The van der Waals surface area contributed by atoms with Gasteiger partial charge in [-0.25, -0.2) is 0 Å². The Hall–Kier alpha value is -0.820. The van der Waals surface area contributed by atoms with Gasteiger partial charge in [-0.15, -0.1) is 0 Å². The third kappa shape index (κ3) is 2.72. The molecule has 1 nitrogen and oxygen atoms in total. The fraction of sp³-hybridized carbons (Fsp3) is 0.667. The van der Waals surface area contributed by atoms with E-state index in [2.05, 4.69) is 25.1 Å². The van der Waals surface area contributed by atoms with E-state index in [0.29, 0.717) is 0 Å². The molecule has 0 fully saturated rings. The van der Waals surface area contributed by atoms with Gasteiger partial charge in [-0.1, -0.05) is 6.07 Å². The maximum atomic E-state index is 2.55. The summed E-state index contributed by atoms with van der Waals surface area (Å²) >= 11 is 0. The van der Waals surface area contributed by atoms with Crippen molar-refractivity contribution in [1.29, 1.82) is 0 Å². The molecule has 104 valence electrons. The molecule has 0 saturated carbocycles. The number of unbranched alkanes of at least 4 members (excludes halogenated alkanes) is 1. The maximum absolute atomic E-state index is 2.55. The van der Waals surface area contributed by atoms with Gasteiger partial charge in [0.2, 0.25) is 0 Å². The Morgan fingerprint density at radius 3 is 2.11 bits per heavy atom. The molecule has 0 saturated heterocycles. The summed E-state index contributed by atoms with van der Waals surface area (Å²) in [6.07, 6.45) is 12.2. The molecule has 2 aliphatic carbocycles. The topological polar surface area (TPSA) is 3.24 Å². The third-order valence-electron chi connectivity index (χ3n) is 4.88. The monoisotopic (exact) mass is 257 g/mol. The summed E-state index contributed by atoms with van der Waals surface area (Å²) in [6.45, 7) is 1.23. The number of aryl methyl sites for hydroxylation is 2. The fourth-order valence-corrected chi connectivity index (χ4v) is 3.97. The highest BCUT2D eigenvalue weighted by Gasteiger charge is 2.23. The number of fused-ring (bicyclic) bond motifs is 2. The van der Waals surface area contributed by atoms with Crippen molar-refractivity contribution in [1.82, 2.24) is 4.90 Å². The Morgan fingerprint density at radius 1 is 0.895 bits per heavy atom. The molecular formula is C18H27N. The molecule has 0 amide bonds. The van der Waals surface area contributed by atoms with Crippen LogP contribution in [-0.4, -0.2) is 25.5 Å². The largest absolute Gasteiger partial charge is 0.309 e. The first-order valence-electron chi connectivity index (χ1n) is 8.06. The molecule has 0 spiro atoms. The Kier molecular flexibility index (Phi) is 3.93. The van der Waals surface area contributed by atoms with Gasteiger partial charge < -0.3 is 4.90 Å². The summed E-state index contributed by atoms with van der Waals surface area (Å²) in [5.74, 6) is 0. The van der Waals surface area contributed by atoms with Gasteiger partial charge in [-0.2, -0.15) is 0 Å². The molecule has 1 aromatic rings. The Bertz CT molecular complexity index is 427. The lowest BCUT2D eigenvalue weighted by Gasteiger charge is -2.16. The minimum atomic E-state index is 1.23. The average molecular weight is 257 g/mol. The van der Waals surface area contributed by atoms with Crippen molar-refractivity contribution in [2.24, 2.45) is 0 Å². The van der Waals surface area contributed by atoms with Crippen molar-refractivity contribution >= 4 is 0 Å². The number of nitrogens with zero attached hydrogens (tertiary/aromatic N) is 1. The van der Waals surface area contributed by atoms with Gasteiger partial charge in [0.25, 0.3) is 0 Å². The molecule has 3 rings (SSSR count). The summed E-state index contributed by atoms with van der Waals surface area (Å²) in [4.78, 5) is 2.31. The van der Waals surface area contributed by atoms with Crippen LogP contribution in [-0.2, 0) is 32.1 Å². The number of rotatable bonds is 5. The molecular weight excluding hydrogens is 230 g/mol. The maximum Gasteiger partial charge on any atom is -0.00247 e. The lowest BCUT2D eigenvalue weighted by molar-refractivity contribution is 0.394.